The smallest absolute Gasteiger partial charge is 0.391 e. The van der Waals surface area contributed by atoms with Gasteiger partial charge in [-0.3, -0.25) is 9.09 Å². The van der Waals surface area contributed by atoms with Crippen LogP contribution in [0.15, 0.2) is 30.6 Å². The number of aromatic nitrogens is 4. The van der Waals surface area contributed by atoms with Gasteiger partial charge in [-0.2, -0.15) is 9.97 Å². The Morgan fingerprint density at radius 2 is 2.06 bits per heavy atom. The number of halogens is 1. The van der Waals surface area contributed by atoms with Gasteiger partial charge in [-0.15, -0.1) is 0 Å². The van der Waals surface area contributed by atoms with Crippen LogP contribution in [0.4, 0.5) is 16.2 Å². The van der Waals surface area contributed by atoms with Gasteiger partial charge in [-0.1, -0.05) is 19.1 Å². The van der Waals surface area contributed by atoms with Crippen LogP contribution in [0.3, 0.4) is 0 Å². The molecule has 0 aliphatic carbocycles. The van der Waals surface area contributed by atoms with Gasteiger partial charge in [0.25, 0.3) is 0 Å². The number of anilines is 2. The van der Waals surface area contributed by atoms with E-state index in [1.54, 1.807) is 35.9 Å². The molecule has 0 amide bonds. The lowest BCUT2D eigenvalue weighted by Gasteiger charge is -2.22. The van der Waals surface area contributed by atoms with Crippen molar-refractivity contribution in [1.29, 1.82) is 0 Å². The summed E-state index contributed by atoms with van der Waals surface area (Å²) < 4.78 is 51.2. The largest absolute Gasteiger partial charge is 0.588 e. The highest BCUT2D eigenvalue weighted by atomic mass is 31.2. The molecular weight excluding hydrogens is 430 g/mol. The minimum Gasteiger partial charge on any atom is -0.391 e. The summed E-state index contributed by atoms with van der Waals surface area (Å²) in [6, 6.07) is 6.58. The quantitative estimate of drug-likeness (QED) is 0.558. The third-order valence-electron chi connectivity index (χ3n) is 5.10. The van der Waals surface area contributed by atoms with Gasteiger partial charge in [0, 0.05) is 19.4 Å². The van der Waals surface area contributed by atoms with Gasteiger partial charge in [0.15, 0.2) is 28.5 Å². The predicted molar refractivity (Wildman–Crippen MR) is 108 cm³/mol. The monoisotopic (exact) mass is 450 g/mol. The van der Waals surface area contributed by atoms with Gasteiger partial charge in [0.2, 0.25) is 11.8 Å². The lowest BCUT2D eigenvalue weighted by molar-refractivity contribution is -0.174. The molecule has 0 radical (unpaired) electrons. The van der Waals surface area contributed by atoms with Crippen molar-refractivity contribution in [3.8, 4) is 11.5 Å². The van der Waals surface area contributed by atoms with Gasteiger partial charge in [-0.05, 0) is 12.1 Å². The highest BCUT2D eigenvalue weighted by Crippen LogP contribution is 2.59. The summed E-state index contributed by atoms with van der Waals surface area (Å²) in [4.78, 5) is 12.6. The number of nitrogens with two attached hydrogens (primary N) is 1. The second-order valence-corrected chi connectivity index (χ2v) is 8.95. The van der Waals surface area contributed by atoms with Gasteiger partial charge in [-0.25, -0.2) is 13.9 Å². The van der Waals surface area contributed by atoms with E-state index in [0.717, 1.165) is 0 Å². The lowest BCUT2D eigenvalue weighted by Crippen LogP contribution is -2.29. The zero-order chi connectivity index (χ0) is 21.8. The van der Waals surface area contributed by atoms with Crippen molar-refractivity contribution in [2.24, 2.45) is 5.92 Å². The second-order valence-electron chi connectivity index (χ2n) is 7.43. The Bertz CT molecular complexity index is 1180. The Morgan fingerprint density at radius 1 is 1.35 bits per heavy atom. The van der Waals surface area contributed by atoms with E-state index in [-0.39, 0.29) is 29.8 Å². The molecule has 164 valence electrons. The first-order valence-corrected chi connectivity index (χ1v) is 11.0. The van der Waals surface area contributed by atoms with Crippen LogP contribution >= 0.6 is 7.82 Å². The van der Waals surface area contributed by atoms with E-state index in [1.165, 1.54) is 6.33 Å². The Kier molecular flexibility index (Phi) is 4.54. The summed E-state index contributed by atoms with van der Waals surface area (Å²) in [6.07, 6.45) is 0.750. The van der Waals surface area contributed by atoms with Crippen LogP contribution in [0.5, 0.6) is 11.5 Å². The number of alkyl halides is 1. The number of hydrogen-bond acceptors (Lipinski definition) is 10. The van der Waals surface area contributed by atoms with Crippen LogP contribution in [0.2, 0.25) is 0 Å². The third kappa shape index (κ3) is 3.46. The van der Waals surface area contributed by atoms with Crippen molar-refractivity contribution in [3.05, 3.63) is 30.6 Å². The normalized spacial score (nSPS) is 26.4. The van der Waals surface area contributed by atoms with E-state index in [1.807, 2.05) is 6.92 Å². The highest BCUT2D eigenvalue weighted by molar-refractivity contribution is 7.49. The van der Waals surface area contributed by atoms with Gasteiger partial charge in [0.1, 0.15) is 12.8 Å². The minimum absolute atomic E-state index is 0.0102. The predicted octanol–water partition coefficient (Wildman–Crippen LogP) is 3.27. The number of nitrogens with zero attached hydrogens (tertiary/aromatic N) is 4. The number of nitrogen functional groups attached to an aromatic ring is 1. The van der Waals surface area contributed by atoms with Crippen LogP contribution in [0.1, 0.15) is 19.6 Å². The van der Waals surface area contributed by atoms with Crippen molar-refractivity contribution in [2.75, 3.05) is 24.7 Å². The fraction of sp³-hybridized carbons (Fsp3) is 0.389. The number of rotatable bonds is 5. The fourth-order valence-corrected chi connectivity index (χ4v) is 5.05. The topological polar surface area (TPSA) is 136 Å². The number of fused-ring (bicyclic) bond motifs is 2. The van der Waals surface area contributed by atoms with E-state index in [4.69, 9.17) is 24.0 Å². The molecule has 2 aromatic heterocycles. The first-order chi connectivity index (χ1) is 14.8. The molecule has 0 saturated carbocycles. The Balaban J connectivity index is 1.34. The Labute approximate surface area is 176 Å². The molecule has 1 fully saturated rings. The van der Waals surface area contributed by atoms with Crippen LogP contribution in [-0.2, 0) is 13.8 Å². The molecule has 3 N–H and O–H groups in total. The van der Waals surface area contributed by atoms with Crippen LogP contribution in [0.25, 0.3) is 11.2 Å². The minimum atomic E-state index is -3.99. The van der Waals surface area contributed by atoms with Crippen molar-refractivity contribution < 1.29 is 27.3 Å². The standard InChI is InChI=1S/C18H20FN6O5P/c1-10-7-18(19,8-27-31(26)29-11-5-3-4-6-12(11)30-31)28-16(10)25-9-22-13-14(21-2)23-17(20)24-15(13)25/h3-6,9-10,16H,7-8H2,1-2H3,(H3,20,21,23,24)/t10-,16+,18-/m0/s1. The van der Waals surface area contributed by atoms with E-state index in [2.05, 4.69) is 20.3 Å². The fourth-order valence-electron chi connectivity index (χ4n) is 3.77. The van der Waals surface area contributed by atoms with Gasteiger partial charge in [0.05, 0.1) is 6.33 Å². The summed E-state index contributed by atoms with van der Waals surface area (Å²) in [5.74, 6) is -1.44. The highest BCUT2D eigenvalue weighted by Gasteiger charge is 2.50. The first-order valence-electron chi connectivity index (χ1n) is 9.56. The molecule has 3 atom stereocenters. The van der Waals surface area contributed by atoms with E-state index in [9.17, 15) is 4.57 Å². The molecule has 1 aromatic carbocycles. The number of nitrogens with one attached hydrogen (secondary N) is 1. The molecule has 31 heavy (non-hydrogen) atoms. The maximum Gasteiger partial charge on any atom is 0.588 e. The van der Waals surface area contributed by atoms with Gasteiger partial charge >= 0.3 is 7.82 Å². The summed E-state index contributed by atoms with van der Waals surface area (Å²) in [7, 11) is -2.30. The Morgan fingerprint density at radius 3 is 2.74 bits per heavy atom. The number of hydrogen-bond donors (Lipinski definition) is 2. The molecular formula is C18H20FN6O5P. The molecule has 5 rings (SSSR count). The Hall–Kier alpha value is -2.95. The number of phosphoric acid groups is 1. The zero-order valence-corrected chi connectivity index (χ0v) is 17.6. The summed E-state index contributed by atoms with van der Waals surface area (Å²) in [6.45, 7) is 1.19. The van der Waals surface area contributed by atoms with E-state index < -0.39 is 26.5 Å². The number of benzene rings is 1. The van der Waals surface area contributed by atoms with Crippen LogP contribution < -0.4 is 20.1 Å². The molecule has 3 aromatic rings. The summed E-state index contributed by atoms with van der Waals surface area (Å²) in [5.41, 5.74) is 6.67. The lowest BCUT2D eigenvalue weighted by atomic mass is 10.1. The van der Waals surface area contributed by atoms with Crippen LogP contribution in [-0.4, -0.2) is 39.0 Å². The number of imidazole rings is 1. The molecule has 0 bridgehead atoms. The third-order valence-corrected chi connectivity index (χ3v) is 6.39. The van der Waals surface area contributed by atoms with Crippen molar-refractivity contribution in [1.82, 2.24) is 19.5 Å². The van der Waals surface area contributed by atoms with E-state index in [0.29, 0.717) is 17.0 Å². The molecule has 13 heteroatoms. The SMILES string of the molecule is CNc1nc(N)nc2c1ncn2[C@@H]1O[C@](F)(COP2(=O)Oc3ccccc3O2)C[C@@H]1C. The van der Waals surface area contributed by atoms with Gasteiger partial charge < -0.3 is 24.8 Å². The second kappa shape index (κ2) is 7.04. The molecule has 2 aliphatic heterocycles. The zero-order valence-electron chi connectivity index (χ0n) is 16.7. The number of phosphoric ester groups is 1. The van der Waals surface area contributed by atoms with Crippen LogP contribution in [0, 0.1) is 5.92 Å². The van der Waals surface area contributed by atoms with Crippen molar-refractivity contribution >= 4 is 30.8 Å². The maximum atomic E-state index is 15.5. The number of para-hydroxylation sites is 2. The van der Waals surface area contributed by atoms with Crippen molar-refractivity contribution in [2.45, 2.75) is 25.4 Å². The average molecular weight is 450 g/mol. The van der Waals surface area contributed by atoms with E-state index >= 15 is 4.39 Å². The average Bonchev–Trinajstić information content (AvgIpc) is 3.38. The maximum absolute atomic E-state index is 15.5. The molecule has 11 nitrogen and oxygen atoms in total. The molecule has 1 saturated heterocycles. The molecule has 0 spiro atoms. The molecule has 2 aliphatic rings. The molecule has 4 heterocycles. The first kappa shape index (κ1) is 20.0. The van der Waals surface area contributed by atoms with Crippen molar-refractivity contribution in [3.63, 3.8) is 0 Å². The molecule has 0 unspecified atom stereocenters. The summed E-state index contributed by atoms with van der Waals surface area (Å²) >= 11 is 0. The number of ether oxygens (including phenoxy) is 1. The summed E-state index contributed by atoms with van der Waals surface area (Å²) in [5, 5.41) is 2.90.